The van der Waals surface area contributed by atoms with Crippen molar-refractivity contribution in [3.05, 3.63) is 25.3 Å². The van der Waals surface area contributed by atoms with Crippen LogP contribution in [0.4, 0.5) is 0 Å². The van der Waals surface area contributed by atoms with Crippen LogP contribution in [-0.2, 0) is 19.1 Å². The predicted molar refractivity (Wildman–Crippen MR) is 74.8 cm³/mol. The first kappa shape index (κ1) is 17.6. The number of ketones is 1. The number of rotatable bonds is 8. The van der Waals surface area contributed by atoms with Gasteiger partial charge in [0.1, 0.15) is 11.2 Å². The minimum Gasteiger partial charge on any atom is -0.456 e. The molecule has 0 fully saturated rings. The van der Waals surface area contributed by atoms with Crippen LogP contribution in [0.1, 0.15) is 41.0 Å². The number of hydrogen-bond acceptors (Lipinski definition) is 4. The lowest BCUT2D eigenvalue weighted by molar-refractivity contribution is -0.159. The Bertz CT molecular complexity index is 366. The molecule has 0 amide bonds. The Morgan fingerprint density at radius 2 is 1.68 bits per heavy atom. The van der Waals surface area contributed by atoms with Gasteiger partial charge in [-0.15, -0.1) is 0 Å². The highest BCUT2D eigenvalue weighted by Gasteiger charge is 2.32. The van der Waals surface area contributed by atoms with Gasteiger partial charge < -0.3 is 9.47 Å². The van der Waals surface area contributed by atoms with E-state index in [1.807, 2.05) is 6.92 Å². The van der Waals surface area contributed by atoms with Gasteiger partial charge in [0.05, 0.1) is 6.10 Å². The molecule has 0 heterocycles. The van der Waals surface area contributed by atoms with E-state index >= 15 is 0 Å². The van der Waals surface area contributed by atoms with Gasteiger partial charge in [0, 0.05) is 12.5 Å². The average Bonchev–Trinajstić information content (AvgIpc) is 2.24. The van der Waals surface area contributed by atoms with Crippen molar-refractivity contribution < 1.29 is 19.1 Å². The summed E-state index contributed by atoms with van der Waals surface area (Å²) in [6, 6.07) is 0. The van der Waals surface area contributed by atoms with Gasteiger partial charge in [-0.2, -0.15) is 0 Å². The molecule has 0 saturated carbocycles. The monoisotopic (exact) mass is 268 g/mol. The molecular weight excluding hydrogens is 244 g/mol. The van der Waals surface area contributed by atoms with Crippen molar-refractivity contribution in [1.82, 2.24) is 0 Å². The normalized spacial score (nSPS) is 13.5. The first-order chi connectivity index (χ1) is 8.54. The molecular formula is C15H24O4. The maximum Gasteiger partial charge on any atom is 0.330 e. The maximum absolute atomic E-state index is 11.6. The summed E-state index contributed by atoms with van der Waals surface area (Å²) in [6.07, 6.45) is 2.60. The van der Waals surface area contributed by atoms with Crippen LogP contribution in [0.3, 0.4) is 0 Å². The lowest BCUT2D eigenvalue weighted by atomic mass is 9.99. The van der Waals surface area contributed by atoms with Crippen LogP contribution in [0.5, 0.6) is 0 Å². The van der Waals surface area contributed by atoms with Crippen molar-refractivity contribution in [3.63, 3.8) is 0 Å². The fourth-order valence-electron chi connectivity index (χ4n) is 1.90. The van der Waals surface area contributed by atoms with Gasteiger partial charge in [-0.1, -0.05) is 13.2 Å². The van der Waals surface area contributed by atoms with E-state index in [2.05, 4.69) is 13.2 Å². The Balaban J connectivity index is 4.57. The fourth-order valence-corrected chi connectivity index (χ4v) is 1.90. The van der Waals surface area contributed by atoms with E-state index in [1.54, 1.807) is 27.7 Å². The molecule has 1 atom stereocenters. The summed E-state index contributed by atoms with van der Waals surface area (Å²) < 4.78 is 10.9. The SMILES string of the molecule is C=CC(=O)OC(C)(C)CC(C)OC(C)(C)C(=O)C=C. The summed E-state index contributed by atoms with van der Waals surface area (Å²) in [5.41, 5.74) is -1.61. The van der Waals surface area contributed by atoms with E-state index in [9.17, 15) is 9.59 Å². The summed E-state index contributed by atoms with van der Waals surface area (Å²) in [5, 5.41) is 0. The lowest BCUT2D eigenvalue weighted by Gasteiger charge is -2.32. The number of carbonyl (C=O) groups is 2. The third-order valence-electron chi connectivity index (χ3n) is 2.60. The van der Waals surface area contributed by atoms with Crippen molar-refractivity contribution in [2.75, 3.05) is 0 Å². The third kappa shape index (κ3) is 6.34. The quantitative estimate of drug-likeness (QED) is 0.502. The summed E-state index contributed by atoms with van der Waals surface area (Å²) in [6.45, 7) is 15.6. The molecule has 0 N–H and O–H groups in total. The zero-order chi connectivity index (χ0) is 15.3. The molecule has 0 aromatic heterocycles. The van der Waals surface area contributed by atoms with Crippen molar-refractivity contribution in [3.8, 4) is 0 Å². The smallest absolute Gasteiger partial charge is 0.330 e. The van der Waals surface area contributed by atoms with Crippen molar-refractivity contribution in [2.45, 2.75) is 58.3 Å². The van der Waals surface area contributed by atoms with E-state index < -0.39 is 17.2 Å². The summed E-state index contributed by atoms with van der Waals surface area (Å²) in [4.78, 5) is 22.8. The van der Waals surface area contributed by atoms with Crippen molar-refractivity contribution in [1.29, 1.82) is 0 Å². The van der Waals surface area contributed by atoms with Gasteiger partial charge in [-0.25, -0.2) is 4.79 Å². The van der Waals surface area contributed by atoms with E-state index in [0.29, 0.717) is 6.42 Å². The van der Waals surface area contributed by atoms with Gasteiger partial charge in [-0.3, -0.25) is 4.79 Å². The second-order valence-electron chi connectivity index (χ2n) is 5.60. The van der Waals surface area contributed by atoms with E-state index in [0.717, 1.165) is 6.08 Å². The van der Waals surface area contributed by atoms with Crippen LogP contribution in [0.2, 0.25) is 0 Å². The Hall–Kier alpha value is -1.42. The number of esters is 1. The van der Waals surface area contributed by atoms with E-state index in [-0.39, 0.29) is 11.9 Å². The molecule has 0 aliphatic rings. The Kier molecular flexibility index (Phi) is 6.16. The average molecular weight is 268 g/mol. The molecule has 0 saturated heterocycles. The highest BCUT2D eigenvalue weighted by Crippen LogP contribution is 2.23. The number of carbonyl (C=O) groups excluding carboxylic acids is 2. The highest BCUT2D eigenvalue weighted by atomic mass is 16.6. The zero-order valence-corrected chi connectivity index (χ0v) is 12.5. The Morgan fingerprint density at radius 1 is 1.16 bits per heavy atom. The molecule has 0 rings (SSSR count). The highest BCUT2D eigenvalue weighted by molar-refractivity contribution is 5.95. The van der Waals surface area contributed by atoms with E-state index in [4.69, 9.17) is 9.47 Å². The fraction of sp³-hybridized carbons (Fsp3) is 0.600. The number of ether oxygens (including phenoxy) is 2. The topological polar surface area (TPSA) is 52.6 Å². The lowest BCUT2D eigenvalue weighted by Crippen LogP contribution is -2.40. The first-order valence-electron chi connectivity index (χ1n) is 6.24. The zero-order valence-electron chi connectivity index (χ0n) is 12.5. The van der Waals surface area contributed by atoms with Crippen LogP contribution in [-0.4, -0.2) is 29.1 Å². The molecule has 4 heteroatoms. The van der Waals surface area contributed by atoms with Gasteiger partial charge in [0.2, 0.25) is 0 Å². The second-order valence-corrected chi connectivity index (χ2v) is 5.60. The molecule has 108 valence electrons. The molecule has 0 bridgehead atoms. The molecule has 0 aromatic rings. The summed E-state index contributed by atoms with van der Waals surface area (Å²) >= 11 is 0. The largest absolute Gasteiger partial charge is 0.456 e. The molecule has 1 unspecified atom stereocenters. The van der Waals surface area contributed by atoms with Crippen LogP contribution < -0.4 is 0 Å². The summed E-state index contributed by atoms with van der Waals surface area (Å²) in [5.74, 6) is -0.654. The van der Waals surface area contributed by atoms with E-state index in [1.165, 1.54) is 6.08 Å². The number of hydrogen-bond donors (Lipinski definition) is 0. The molecule has 0 aliphatic heterocycles. The minimum absolute atomic E-state index is 0.180. The standard InChI is InChI=1S/C15H24O4/c1-8-12(16)15(6,7)18-11(3)10-14(4,5)19-13(17)9-2/h8-9,11H,1-2,10H2,3-7H3. The molecule has 0 spiro atoms. The maximum atomic E-state index is 11.6. The van der Waals surface area contributed by atoms with Gasteiger partial charge in [0.15, 0.2) is 5.78 Å². The van der Waals surface area contributed by atoms with Crippen LogP contribution >= 0.6 is 0 Å². The molecule has 0 aliphatic carbocycles. The van der Waals surface area contributed by atoms with Gasteiger partial charge in [0.25, 0.3) is 0 Å². The van der Waals surface area contributed by atoms with Crippen LogP contribution in [0, 0.1) is 0 Å². The molecule has 0 aromatic carbocycles. The van der Waals surface area contributed by atoms with Gasteiger partial charge in [-0.05, 0) is 40.7 Å². The van der Waals surface area contributed by atoms with Gasteiger partial charge >= 0.3 is 5.97 Å². The van der Waals surface area contributed by atoms with Crippen molar-refractivity contribution in [2.24, 2.45) is 0 Å². The predicted octanol–water partition coefficient (Wildman–Crippen LogP) is 2.82. The second kappa shape index (κ2) is 6.66. The van der Waals surface area contributed by atoms with Crippen LogP contribution in [0.15, 0.2) is 25.3 Å². The Labute approximate surface area is 115 Å². The summed E-state index contributed by atoms with van der Waals surface area (Å²) in [7, 11) is 0. The third-order valence-corrected chi connectivity index (χ3v) is 2.60. The minimum atomic E-state index is -0.931. The molecule has 19 heavy (non-hydrogen) atoms. The van der Waals surface area contributed by atoms with Crippen LogP contribution in [0.25, 0.3) is 0 Å². The molecule has 4 nitrogen and oxygen atoms in total. The molecule has 0 radical (unpaired) electrons. The first-order valence-corrected chi connectivity index (χ1v) is 6.24. The Morgan fingerprint density at radius 3 is 2.11 bits per heavy atom. The van der Waals surface area contributed by atoms with Crippen molar-refractivity contribution >= 4 is 11.8 Å².